The number of amides is 3. The summed E-state index contributed by atoms with van der Waals surface area (Å²) in [5.41, 5.74) is 2.92. The second-order valence-corrected chi connectivity index (χ2v) is 8.83. The van der Waals surface area contributed by atoms with Crippen LogP contribution < -0.4 is 16.0 Å². The average molecular weight is 487 g/mol. The Morgan fingerprint density at radius 3 is 2.29 bits per heavy atom. The normalized spacial score (nSPS) is 16.3. The number of rotatable bonds is 9. The molecule has 8 heteroatoms. The standard InChI is InChI=1S/C26H34N4O3.ClH/c1-17(2)22(29-24(31)18(3)27-4)26(33)30-16-20-12-8-9-13-21(20)23(30)25(32)28-15-14-19-10-6-5-7-11-19;/h5-13,17-18,22-23,27H,14-16H2,1-4H3,(H,28,32)(H,29,31);1H. The highest BCUT2D eigenvalue weighted by atomic mass is 35.5. The van der Waals surface area contributed by atoms with E-state index in [1.807, 2.05) is 68.4 Å². The van der Waals surface area contributed by atoms with Gasteiger partial charge in [-0.2, -0.15) is 0 Å². The number of carbonyl (C=O) groups excluding carboxylic acids is 3. The number of hydrogen-bond acceptors (Lipinski definition) is 4. The third kappa shape index (κ3) is 6.36. The zero-order chi connectivity index (χ0) is 24.0. The molecule has 3 rings (SSSR count). The van der Waals surface area contributed by atoms with E-state index < -0.39 is 18.1 Å². The van der Waals surface area contributed by atoms with Crippen molar-refractivity contribution in [3.63, 3.8) is 0 Å². The van der Waals surface area contributed by atoms with Gasteiger partial charge in [-0.1, -0.05) is 68.4 Å². The number of nitrogens with zero attached hydrogens (tertiary/aromatic N) is 1. The van der Waals surface area contributed by atoms with Crippen LogP contribution in [0.1, 0.15) is 43.5 Å². The van der Waals surface area contributed by atoms with Gasteiger partial charge < -0.3 is 20.9 Å². The number of carbonyl (C=O) groups is 3. The Bertz CT molecular complexity index is 983. The quantitative estimate of drug-likeness (QED) is 0.508. The first-order chi connectivity index (χ1) is 15.8. The number of benzene rings is 2. The van der Waals surface area contributed by atoms with Crippen LogP contribution in [0.5, 0.6) is 0 Å². The highest BCUT2D eigenvalue weighted by Gasteiger charge is 2.41. The first kappa shape index (κ1) is 27.3. The predicted molar refractivity (Wildman–Crippen MR) is 135 cm³/mol. The maximum atomic E-state index is 13.6. The van der Waals surface area contributed by atoms with E-state index in [0.29, 0.717) is 19.5 Å². The molecule has 0 aromatic heterocycles. The molecule has 3 unspecified atom stereocenters. The monoisotopic (exact) mass is 486 g/mol. The van der Waals surface area contributed by atoms with Crippen molar-refractivity contribution < 1.29 is 14.4 Å². The molecule has 184 valence electrons. The van der Waals surface area contributed by atoms with Crippen LogP contribution in [0, 0.1) is 5.92 Å². The number of likely N-dealkylation sites (N-methyl/N-ethyl adjacent to an activating group) is 1. The maximum Gasteiger partial charge on any atom is 0.247 e. The van der Waals surface area contributed by atoms with Gasteiger partial charge in [0.15, 0.2) is 0 Å². The summed E-state index contributed by atoms with van der Waals surface area (Å²) < 4.78 is 0. The molecule has 34 heavy (non-hydrogen) atoms. The molecule has 0 saturated carbocycles. The Kier molecular flexibility index (Phi) is 10.1. The fourth-order valence-electron chi connectivity index (χ4n) is 4.05. The lowest BCUT2D eigenvalue weighted by Crippen LogP contribution is -2.55. The van der Waals surface area contributed by atoms with E-state index in [0.717, 1.165) is 16.7 Å². The van der Waals surface area contributed by atoms with Gasteiger partial charge in [0.25, 0.3) is 0 Å². The highest BCUT2D eigenvalue weighted by molar-refractivity contribution is 5.94. The molecule has 0 saturated heterocycles. The lowest BCUT2D eigenvalue weighted by atomic mass is 10.0. The van der Waals surface area contributed by atoms with Crippen molar-refractivity contribution in [2.45, 2.75) is 51.9 Å². The molecule has 2 aromatic rings. The molecule has 3 atom stereocenters. The van der Waals surface area contributed by atoms with Gasteiger partial charge in [0.1, 0.15) is 12.1 Å². The zero-order valence-electron chi connectivity index (χ0n) is 20.2. The van der Waals surface area contributed by atoms with Crippen LogP contribution in [0.15, 0.2) is 54.6 Å². The third-order valence-corrected chi connectivity index (χ3v) is 6.15. The van der Waals surface area contributed by atoms with Crippen LogP contribution in [0.25, 0.3) is 0 Å². The summed E-state index contributed by atoms with van der Waals surface area (Å²) in [6.07, 6.45) is 0.710. The van der Waals surface area contributed by atoms with Crippen LogP contribution >= 0.6 is 12.4 Å². The largest absolute Gasteiger partial charge is 0.354 e. The summed E-state index contributed by atoms with van der Waals surface area (Å²) >= 11 is 0. The van der Waals surface area contributed by atoms with Gasteiger partial charge in [-0.25, -0.2) is 0 Å². The SMILES string of the molecule is CNC(C)C(=O)NC(C(=O)N1Cc2ccccc2C1C(=O)NCCc1ccccc1)C(C)C.Cl. The van der Waals surface area contributed by atoms with E-state index in [1.54, 1.807) is 18.9 Å². The van der Waals surface area contributed by atoms with Gasteiger partial charge in [-0.3, -0.25) is 14.4 Å². The molecule has 0 aliphatic carbocycles. The summed E-state index contributed by atoms with van der Waals surface area (Å²) in [4.78, 5) is 41.0. The van der Waals surface area contributed by atoms with Gasteiger partial charge in [-0.05, 0) is 43.0 Å². The minimum absolute atomic E-state index is 0. The molecule has 0 bridgehead atoms. The fraction of sp³-hybridized carbons (Fsp3) is 0.423. The van der Waals surface area contributed by atoms with Crippen LogP contribution in [0.3, 0.4) is 0 Å². The summed E-state index contributed by atoms with van der Waals surface area (Å²) in [6.45, 7) is 6.35. The number of hydrogen-bond donors (Lipinski definition) is 3. The van der Waals surface area contributed by atoms with Crippen LogP contribution in [-0.4, -0.2) is 48.3 Å². The lowest BCUT2D eigenvalue weighted by Gasteiger charge is -2.31. The molecular weight excluding hydrogens is 452 g/mol. The smallest absolute Gasteiger partial charge is 0.247 e. The fourth-order valence-corrected chi connectivity index (χ4v) is 4.05. The van der Waals surface area contributed by atoms with E-state index >= 15 is 0 Å². The number of fused-ring (bicyclic) bond motifs is 1. The molecule has 1 aliphatic rings. The summed E-state index contributed by atoms with van der Waals surface area (Å²) in [6, 6.07) is 15.7. The van der Waals surface area contributed by atoms with Gasteiger partial charge >= 0.3 is 0 Å². The minimum Gasteiger partial charge on any atom is -0.354 e. The van der Waals surface area contributed by atoms with Crippen LogP contribution in [-0.2, 0) is 27.3 Å². The summed E-state index contributed by atoms with van der Waals surface area (Å²) in [7, 11) is 1.70. The minimum atomic E-state index is -0.720. The predicted octanol–water partition coefficient (Wildman–Crippen LogP) is 2.60. The Hall–Kier alpha value is -2.90. The molecule has 2 aromatic carbocycles. The zero-order valence-corrected chi connectivity index (χ0v) is 21.0. The third-order valence-electron chi connectivity index (χ3n) is 6.15. The first-order valence-corrected chi connectivity index (χ1v) is 11.5. The maximum absolute atomic E-state index is 13.6. The van der Waals surface area contributed by atoms with Crippen molar-refractivity contribution in [1.29, 1.82) is 0 Å². The molecule has 0 radical (unpaired) electrons. The topological polar surface area (TPSA) is 90.5 Å². The van der Waals surface area contributed by atoms with Crippen LogP contribution in [0.4, 0.5) is 0 Å². The number of nitrogens with one attached hydrogen (secondary N) is 3. The van der Waals surface area contributed by atoms with Crippen molar-refractivity contribution in [3.05, 3.63) is 71.3 Å². The molecule has 3 amide bonds. The molecule has 3 N–H and O–H groups in total. The van der Waals surface area contributed by atoms with E-state index in [4.69, 9.17) is 0 Å². The van der Waals surface area contributed by atoms with E-state index in [-0.39, 0.29) is 36.0 Å². The van der Waals surface area contributed by atoms with Crippen molar-refractivity contribution in [2.24, 2.45) is 5.92 Å². The Labute approximate surface area is 208 Å². The molecule has 1 aliphatic heterocycles. The van der Waals surface area contributed by atoms with Crippen LogP contribution in [0.2, 0.25) is 0 Å². The Balaban J connectivity index is 0.00000408. The number of halogens is 1. The second-order valence-electron chi connectivity index (χ2n) is 8.83. The van der Waals surface area contributed by atoms with Crippen molar-refractivity contribution in [1.82, 2.24) is 20.9 Å². The Morgan fingerprint density at radius 1 is 1.00 bits per heavy atom. The van der Waals surface area contributed by atoms with E-state index in [9.17, 15) is 14.4 Å². The van der Waals surface area contributed by atoms with Gasteiger partial charge in [0.2, 0.25) is 17.7 Å². The van der Waals surface area contributed by atoms with Crippen molar-refractivity contribution in [2.75, 3.05) is 13.6 Å². The van der Waals surface area contributed by atoms with E-state index in [2.05, 4.69) is 16.0 Å². The highest BCUT2D eigenvalue weighted by Crippen LogP contribution is 2.34. The second kappa shape index (κ2) is 12.5. The molecular formula is C26H35ClN4O3. The molecule has 1 heterocycles. The first-order valence-electron chi connectivity index (χ1n) is 11.5. The summed E-state index contributed by atoms with van der Waals surface area (Å²) in [5.74, 6) is -0.830. The van der Waals surface area contributed by atoms with Crippen molar-refractivity contribution in [3.8, 4) is 0 Å². The van der Waals surface area contributed by atoms with Gasteiger partial charge in [0, 0.05) is 13.1 Å². The molecule has 7 nitrogen and oxygen atoms in total. The van der Waals surface area contributed by atoms with Crippen molar-refractivity contribution >= 4 is 30.1 Å². The average Bonchev–Trinajstić information content (AvgIpc) is 3.21. The van der Waals surface area contributed by atoms with Gasteiger partial charge in [-0.15, -0.1) is 12.4 Å². The van der Waals surface area contributed by atoms with Gasteiger partial charge in [0.05, 0.1) is 6.04 Å². The summed E-state index contributed by atoms with van der Waals surface area (Å²) in [5, 5.41) is 8.77. The Morgan fingerprint density at radius 2 is 1.65 bits per heavy atom. The van der Waals surface area contributed by atoms with E-state index in [1.165, 1.54) is 0 Å². The lowest BCUT2D eigenvalue weighted by molar-refractivity contribution is -0.144. The molecule has 0 fully saturated rings. The molecule has 0 spiro atoms.